The van der Waals surface area contributed by atoms with Crippen molar-refractivity contribution in [3.8, 4) is 0 Å². The zero-order valence-electron chi connectivity index (χ0n) is 16.4. The number of para-hydroxylation sites is 1. The summed E-state index contributed by atoms with van der Waals surface area (Å²) < 4.78 is 0. The molecule has 5 heteroatoms. The summed E-state index contributed by atoms with van der Waals surface area (Å²) in [6, 6.07) is 9.48. The van der Waals surface area contributed by atoms with Gasteiger partial charge in [0.05, 0.1) is 11.8 Å². The van der Waals surface area contributed by atoms with Gasteiger partial charge in [-0.05, 0) is 67.9 Å². The second kappa shape index (κ2) is 6.28. The van der Waals surface area contributed by atoms with Crippen molar-refractivity contribution >= 4 is 23.4 Å². The van der Waals surface area contributed by atoms with Gasteiger partial charge in [-0.15, -0.1) is 0 Å². The minimum Gasteiger partial charge on any atom is -0.326 e. The van der Waals surface area contributed by atoms with Crippen LogP contribution in [0.2, 0.25) is 0 Å². The molecule has 1 aliphatic heterocycles. The number of carbonyl (C=O) groups is 3. The first-order valence-corrected chi connectivity index (χ1v) is 11.0. The van der Waals surface area contributed by atoms with E-state index in [1.807, 2.05) is 30.3 Å². The molecule has 5 nitrogen and oxygen atoms in total. The zero-order chi connectivity index (χ0) is 19.7. The highest BCUT2D eigenvalue weighted by Gasteiger charge is 2.67. The summed E-state index contributed by atoms with van der Waals surface area (Å²) >= 11 is 0. The maximum Gasteiger partial charge on any atom is 0.233 e. The molecule has 1 aromatic carbocycles. The maximum absolute atomic E-state index is 13.3. The SMILES string of the molecule is O=C(Nc1ccccc1)C1CCC(N2C(=O)[C@@H]3[C@H]4C=C[C@@H]([C@@H]5C[C@@H]45)[C@H]3C2=O)CC1. The van der Waals surface area contributed by atoms with Gasteiger partial charge in [-0.2, -0.15) is 0 Å². The molecule has 2 bridgehead atoms. The first-order chi connectivity index (χ1) is 14.1. The molecular weight excluding hydrogens is 364 g/mol. The van der Waals surface area contributed by atoms with Gasteiger partial charge in [0.2, 0.25) is 17.7 Å². The van der Waals surface area contributed by atoms with Crippen molar-refractivity contribution in [3.05, 3.63) is 42.5 Å². The highest BCUT2D eigenvalue weighted by Crippen LogP contribution is 2.65. The van der Waals surface area contributed by atoms with E-state index in [9.17, 15) is 14.4 Å². The first-order valence-electron chi connectivity index (χ1n) is 11.0. The summed E-state index contributed by atoms with van der Waals surface area (Å²) in [5, 5.41) is 2.99. The third kappa shape index (κ3) is 2.55. The average molecular weight is 390 g/mol. The van der Waals surface area contributed by atoms with Crippen molar-refractivity contribution < 1.29 is 14.4 Å². The molecule has 1 saturated heterocycles. The fourth-order valence-electron chi connectivity index (χ4n) is 6.70. The molecule has 4 fully saturated rings. The number of likely N-dealkylation sites (tertiary alicyclic amines) is 1. The highest BCUT2D eigenvalue weighted by molar-refractivity contribution is 6.06. The van der Waals surface area contributed by atoms with Crippen molar-refractivity contribution in [3.63, 3.8) is 0 Å². The van der Waals surface area contributed by atoms with Gasteiger partial charge in [0.25, 0.3) is 0 Å². The Bertz CT molecular complexity index is 866. The molecule has 7 rings (SSSR count). The summed E-state index contributed by atoms with van der Waals surface area (Å²) in [5.41, 5.74) is 0.815. The van der Waals surface area contributed by atoms with Gasteiger partial charge in [0, 0.05) is 17.6 Å². The van der Waals surface area contributed by atoms with Crippen LogP contribution in [0.15, 0.2) is 42.5 Å². The van der Waals surface area contributed by atoms with E-state index >= 15 is 0 Å². The molecule has 0 spiro atoms. The number of nitrogens with zero attached hydrogens (tertiary/aromatic N) is 1. The fraction of sp³-hybridized carbons (Fsp3) is 0.542. The molecule has 1 N–H and O–H groups in total. The van der Waals surface area contributed by atoms with Crippen LogP contribution in [0.5, 0.6) is 0 Å². The number of imide groups is 1. The lowest BCUT2D eigenvalue weighted by Gasteiger charge is -2.37. The first kappa shape index (κ1) is 17.4. The highest BCUT2D eigenvalue weighted by atomic mass is 16.2. The Morgan fingerprint density at radius 2 is 1.45 bits per heavy atom. The van der Waals surface area contributed by atoms with Gasteiger partial charge in [0.15, 0.2) is 0 Å². The van der Waals surface area contributed by atoms with Gasteiger partial charge in [0.1, 0.15) is 0 Å². The summed E-state index contributed by atoms with van der Waals surface area (Å²) in [7, 11) is 0. The van der Waals surface area contributed by atoms with Crippen molar-refractivity contribution in [1.29, 1.82) is 0 Å². The number of allylic oxidation sites excluding steroid dienone is 2. The van der Waals surface area contributed by atoms with Crippen molar-refractivity contribution in [1.82, 2.24) is 4.90 Å². The summed E-state index contributed by atoms with van der Waals surface area (Å²) in [5.74, 6) is 1.76. The van der Waals surface area contributed by atoms with E-state index in [-0.39, 0.29) is 53.4 Å². The predicted octanol–water partition coefficient (Wildman–Crippen LogP) is 3.24. The number of hydrogen-bond acceptors (Lipinski definition) is 3. The Balaban J connectivity index is 1.12. The quantitative estimate of drug-likeness (QED) is 0.636. The summed E-state index contributed by atoms with van der Waals surface area (Å²) in [6.45, 7) is 0. The molecule has 0 unspecified atom stereocenters. The van der Waals surface area contributed by atoms with E-state index < -0.39 is 0 Å². The van der Waals surface area contributed by atoms with Crippen LogP contribution < -0.4 is 5.32 Å². The van der Waals surface area contributed by atoms with Crippen molar-refractivity contribution in [2.75, 3.05) is 5.32 Å². The number of anilines is 1. The number of benzene rings is 1. The minimum absolute atomic E-state index is 0.0305. The molecule has 6 aliphatic rings. The second-order valence-electron chi connectivity index (χ2n) is 9.56. The Morgan fingerprint density at radius 1 is 0.862 bits per heavy atom. The van der Waals surface area contributed by atoms with E-state index in [4.69, 9.17) is 0 Å². The lowest BCUT2D eigenvalue weighted by atomic mass is 9.63. The molecule has 3 saturated carbocycles. The maximum atomic E-state index is 13.3. The van der Waals surface area contributed by atoms with Gasteiger partial charge in [-0.3, -0.25) is 19.3 Å². The molecule has 150 valence electrons. The van der Waals surface area contributed by atoms with Crippen LogP contribution in [0.25, 0.3) is 0 Å². The van der Waals surface area contributed by atoms with Gasteiger partial charge in [-0.25, -0.2) is 0 Å². The number of amides is 3. The predicted molar refractivity (Wildman–Crippen MR) is 107 cm³/mol. The third-order valence-corrected chi connectivity index (χ3v) is 8.17. The Hall–Kier alpha value is -2.43. The lowest BCUT2D eigenvalue weighted by molar-refractivity contribution is -0.144. The molecule has 3 amide bonds. The number of carbonyl (C=O) groups excluding carboxylic acids is 3. The Kier molecular flexibility index (Phi) is 3.78. The van der Waals surface area contributed by atoms with Gasteiger partial charge in [-0.1, -0.05) is 30.4 Å². The zero-order valence-corrected chi connectivity index (χ0v) is 16.4. The largest absolute Gasteiger partial charge is 0.326 e. The molecule has 6 atom stereocenters. The van der Waals surface area contributed by atoms with E-state index in [1.165, 1.54) is 6.42 Å². The normalized spacial score (nSPS) is 41.9. The molecule has 0 radical (unpaired) electrons. The van der Waals surface area contributed by atoms with Crippen molar-refractivity contribution in [2.45, 2.75) is 38.1 Å². The van der Waals surface area contributed by atoms with Crippen LogP contribution in [0.4, 0.5) is 5.69 Å². The average Bonchev–Trinajstić information content (AvgIpc) is 3.53. The fourth-order valence-corrected chi connectivity index (χ4v) is 6.70. The minimum atomic E-state index is -0.111. The third-order valence-electron chi connectivity index (χ3n) is 8.17. The van der Waals surface area contributed by atoms with Crippen LogP contribution in [0.1, 0.15) is 32.1 Å². The van der Waals surface area contributed by atoms with Crippen LogP contribution in [-0.4, -0.2) is 28.7 Å². The molecule has 0 aromatic heterocycles. The van der Waals surface area contributed by atoms with E-state index in [1.54, 1.807) is 4.90 Å². The molecule has 29 heavy (non-hydrogen) atoms. The van der Waals surface area contributed by atoms with E-state index in [0.29, 0.717) is 11.8 Å². The van der Waals surface area contributed by atoms with Crippen molar-refractivity contribution in [2.24, 2.45) is 41.4 Å². The standard InChI is InChI=1S/C24H26N2O3/c27-22(25-14-4-2-1-3-5-14)13-6-8-15(9-7-13)26-23(28)20-16-10-11-17(19-12-18(16)19)21(20)24(26)29/h1-5,10-11,13,15-21H,6-9,12H2,(H,25,27)/t13?,15?,16-,17-,18-,19-,20+,21+/m0/s1. The Morgan fingerprint density at radius 3 is 2.03 bits per heavy atom. The smallest absolute Gasteiger partial charge is 0.233 e. The van der Waals surface area contributed by atoms with Crippen LogP contribution in [0, 0.1) is 41.4 Å². The summed E-state index contributed by atoms with van der Waals surface area (Å²) in [4.78, 5) is 40.7. The lowest BCUT2D eigenvalue weighted by Crippen LogP contribution is -2.44. The van der Waals surface area contributed by atoms with Crippen LogP contribution >= 0.6 is 0 Å². The summed E-state index contributed by atoms with van der Waals surface area (Å²) in [6.07, 6.45) is 8.56. The number of rotatable bonds is 3. The van der Waals surface area contributed by atoms with E-state index in [0.717, 1.165) is 31.4 Å². The Labute approximate surface area is 170 Å². The van der Waals surface area contributed by atoms with Gasteiger partial charge < -0.3 is 5.32 Å². The number of nitrogens with one attached hydrogen (secondary N) is 1. The molecular formula is C24H26N2O3. The topological polar surface area (TPSA) is 66.5 Å². The van der Waals surface area contributed by atoms with Crippen LogP contribution in [-0.2, 0) is 14.4 Å². The monoisotopic (exact) mass is 390 g/mol. The van der Waals surface area contributed by atoms with Gasteiger partial charge >= 0.3 is 0 Å². The molecule has 5 aliphatic carbocycles. The molecule has 1 heterocycles. The second-order valence-corrected chi connectivity index (χ2v) is 9.56. The molecule has 1 aromatic rings. The van der Waals surface area contributed by atoms with Crippen LogP contribution in [0.3, 0.4) is 0 Å². The van der Waals surface area contributed by atoms with E-state index in [2.05, 4.69) is 17.5 Å². The number of hydrogen-bond donors (Lipinski definition) is 1.